The predicted octanol–water partition coefficient (Wildman–Crippen LogP) is 3.81. The number of carbonyl (C=O) groups is 1. The highest BCUT2D eigenvalue weighted by Gasteiger charge is 1.93. The van der Waals surface area contributed by atoms with Crippen molar-refractivity contribution in [3.05, 3.63) is 0 Å². The van der Waals surface area contributed by atoms with Gasteiger partial charge in [0.05, 0.1) is 7.11 Å². The van der Waals surface area contributed by atoms with Crippen molar-refractivity contribution >= 4 is 16.4 Å². The highest BCUT2D eigenvalue weighted by Crippen LogP contribution is 2.12. The van der Waals surface area contributed by atoms with Crippen LogP contribution in [0.5, 0.6) is 0 Å². The summed E-state index contributed by atoms with van der Waals surface area (Å²) in [6.07, 6.45) is 16.9. The molecule has 0 heterocycles. The first-order chi connectivity index (χ1) is 12.7. The van der Waals surface area contributed by atoms with Crippen LogP contribution in [0.3, 0.4) is 0 Å². The summed E-state index contributed by atoms with van der Waals surface area (Å²) in [5.41, 5.74) is 0. The second-order valence-corrected chi connectivity index (χ2v) is 7.38. The average Bonchev–Trinajstić information content (AvgIpc) is 2.59. The average molecular weight is 466 g/mol. The molecule has 0 aromatic rings. The molecule has 0 saturated carbocycles. The lowest BCUT2D eigenvalue weighted by atomic mass is 10.0. The number of rotatable bonds is 15. The van der Waals surface area contributed by atoms with Crippen LogP contribution in [0.25, 0.3) is 0 Å². The summed E-state index contributed by atoms with van der Waals surface area (Å²) in [5.74, 6) is -0.905. The van der Waals surface area contributed by atoms with E-state index in [4.69, 9.17) is 5.11 Å². The molecule has 0 aromatic heterocycles. The summed E-state index contributed by atoms with van der Waals surface area (Å²) in [5, 5.41) is 19.1. The number of carboxylic acid groups (broad SMARTS) is 1. The first-order valence-corrected chi connectivity index (χ1v) is 11.4. The molecule has 0 aliphatic carbocycles. The van der Waals surface area contributed by atoms with Crippen LogP contribution < -0.4 is 28.7 Å². The van der Waals surface area contributed by atoms with Crippen LogP contribution in [0.4, 0.5) is 0 Å². The minimum Gasteiger partial charge on any atom is -0.855 e. The van der Waals surface area contributed by atoms with Crippen LogP contribution in [0, 0.1) is 0 Å². The van der Waals surface area contributed by atoms with E-state index in [1.807, 2.05) is 0 Å². The summed E-state index contributed by atoms with van der Waals surface area (Å²) in [6, 6.07) is 0. The molecule has 11 heteroatoms. The Hall–Kier alpha value is -0.820. The van der Waals surface area contributed by atoms with Gasteiger partial charge in [0.15, 0.2) is 0 Å². The van der Waals surface area contributed by atoms with Crippen molar-refractivity contribution in [2.45, 2.75) is 104 Å². The standard InChI is InChI=1S/C16H32O2.C2H5O.CH4O4S.3H3N/c1-2-3-4-5-6-7-8-9-10-11-12-13-14-15-16(17)18;1-2-3;1-5-6(2,3)4;;;/h2-15H2,1H3,(H,17,18);2H2,1H3;1H3,(H,2,3,4);3*1H3/q;-1;;;;/p+1. The van der Waals surface area contributed by atoms with Crippen LogP contribution in [-0.2, 0) is 19.4 Å². The third-order valence-electron chi connectivity index (χ3n) is 3.69. The van der Waals surface area contributed by atoms with Gasteiger partial charge in [-0.25, -0.2) is 8.42 Å². The Morgan fingerprint density at radius 2 is 0.967 bits per heavy atom. The van der Waals surface area contributed by atoms with Gasteiger partial charge in [-0.05, 0) is 12.8 Å². The third-order valence-corrected chi connectivity index (χ3v) is 4.10. The Bertz CT molecular complexity index is 398. The zero-order valence-electron chi connectivity index (χ0n) is 20.4. The quantitative estimate of drug-likeness (QED) is 0.183. The molecule has 12 N–H and O–H groups in total. The van der Waals surface area contributed by atoms with Crippen molar-refractivity contribution in [2.75, 3.05) is 13.7 Å². The maximum absolute atomic E-state index is 10.2. The summed E-state index contributed by atoms with van der Waals surface area (Å²) in [7, 11) is -3.60. The normalized spacial score (nSPS) is 9.37. The van der Waals surface area contributed by atoms with Gasteiger partial charge in [0.2, 0.25) is 10.4 Å². The van der Waals surface area contributed by atoms with Crippen molar-refractivity contribution in [3.8, 4) is 0 Å². The zero-order valence-corrected chi connectivity index (χ0v) is 21.2. The van der Waals surface area contributed by atoms with Crippen LogP contribution >= 0.6 is 0 Å². The van der Waals surface area contributed by atoms with Gasteiger partial charge in [-0.2, -0.15) is 0 Å². The molecule has 0 bridgehead atoms. The Labute approximate surface area is 184 Å². The fraction of sp³-hybridized carbons (Fsp3) is 0.947. The van der Waals surface area contributed by atoms with Crippen LogP contribution in [0.2, 0.25) is 0 Å². The van der Waals surface area contributed by atoms with Gasteiger partial charge < -0.3 is 38.0 Å². The van der Waals surface area contributed by atoms with E-state index in [1.165, 1.54) is 70.6 Å². The second-order valence-electron chi connectivity index (χ2n) is 6.23. The highest BCUT2D eigenvalue weighted by molar-refractivity contribution is 7.80. The number of quaternary nitrogens is 3. The van der Waals surface area contributed by atoms with E-state index in [1.54, 1.807) is 6.92 Å². The Kier molecular flexibility index (Phi) is 51.2. The first kappa shape index (κ1) is 43.1. The van der Waals surface area contributed by atoms with E-state index in [2.05, 4.69) is 11.1 Å². The van der Waals surface area contributed by atoms with Crippen LogP contribution in [0.15, 0.2) is 0 Å². The predicted molar refractivity (Wildman–Crippen MR) is 121 cm³/mol. The van der Waals surface area contributed by atoms with Gasteiger partial charge in [-0.1, -0.05) is 90.9 Å². The summed E-state index contributed by atoms with van der Waals surface area (Å²) >= 11 is 0. The van der Waals surface area contributed by atoms with Gasteiger partial charge >= 0.3 is 0 Å². The van der Waals surface area contributed by atoms with E-state index in [0.29, 0.717) is 0 Å². The number of carboxylic acids is 1. The van der Waals surface area contributed by atoms with E-state index >= 15 is 0 Å². The Balaban J connectivity index is -0.000000102. The summed E-state index contributed by atoms with van der Waals surface area (Å²) in [4.78, 5) is 10.2. The van der Waals surface area contributed by atoms with Crippen molar-refractivity contribution in [1.29, 1.82) is 0 Å². The molecule has 10 nitrogen and oxygen atoms in total. The molecule has 0 amide bonds. The number of unbranched alkanes of at least 4 members (excludes halogenated alkanes) is 12. The van der Waals surface area contributed by atoms with E-state index < -0.39 is 16.4 Å². The molecule has 190 valence electrons. The fourth-order valence-electron chi connectivity index (χ4n) is 2.29. The van der Waals surface area contributed by atoms with Crippen molar-refractivity contribution in [1.82, 2.24) is 18.5 Å². The molecule has 0 spiro atoms. The van der Waals surface area contributed by atoms with Crippen LogP contribution in [0.1, 0.15) is 104 Å². The van der Waals surface area contributed by atoms with E-state index in [-0.39, 0.29) is 31.5 Å². The number of hydrogen-bond acceptors (Lipinski definition) is 7. The maximum Gasteiger partial charge on any atom is 0.217 e. The van der Waals surface area contributed by atoms with Gasteiger partial charge in [-0.3, -0.25) is 4.18 Å². The maximum atomic E-state index is 10.2. The van der Waals surface area contributed by atoms with Crippen molar-refractivity contribution in [3.63, 3.8) is 0 Å². The molecule has 0 aliphatic heterocycles. The molecule has 0 rings (SSSR count). The lowest BCUT2D eigenvalue weighted by Gasteiger charge is -2.03. The topological polar surface area (TPSA) is 239 Å². The third kappa shape index (κ3) is 63.1. The van der Waals surface area contributed by atoms with Crippen molar-refractivity contribution in [2.24, 2.45) is 0 Å². The summed E-state index contributed by atoms with van der Waals surface area (Å²) in [6.45, 7) is 3.83. The van der Waals surface area contributed by atoms with E-state index in [9.17, 15) is 22.9 Å². The minimum absolute atomic E-state index is 0. The molecule has 30 heavy (non-hydrogen) atoms. The van der Waals surface area contributed by atoms with Gasteiger partial charge in [0.1, 0.15) is 0 Å². The molecule has 0 radical (unpaired) electrons. The number of aliphatic carboxylic acids is 1. The minimum atomic E-state index is -4.41. The molecular formula is C19H51N3O7S. The number of hydrogen-bond donors (Lipinski definition) is 3. The molecular weight excluding hydrogens is 414 g/mol. The highest BCUT2D eigenvalue weighted by atomic mass is 32.3. The Morgan fingerprint density at radius 3 is 1.17 bits per heavy atom. The molecule has 0 atom stereocenters. The summed E-state index contributed by atoms with van der Waals surface area (Å²) < 4.78 is 31.0. The van der Waals surface area contributed by atoms with E-state index in [0.717, 1.165) is 20.0 Å². The smallest absolute Gasteiger partial charge is 0.217 e. The molecule has 0 saturated heterocycles. The van der Waals surface area contributed by atoms with Gasteiger partial charge in [-0.15, -0.1) is 6.61 Å². The Morgan fingerprint density at radius 1 is 0.733 bits per heavy atom. The van der Waals surface area contributed by atoms with Gasteiger partial charge in [0.25, 0.3) is 0 Å². The lowest BCUT2D eigenvalue weighted by molar-refractivity contribution is -0.361. The monoisotopic (exact) mass is 465 g/mol. The van der Waals surface area contributed by atoms with Crippen LogP contribution in [-0.4, -0.2) is 32.7 Å². The fourth-order valence-corrected chi connectivity index (χ4v) is 2.29. The van der Waals surface area contributed by atoms with Crippen molar-refractivity contribution < 1.29 is 32.2 Å². The zero-order chi connectivity index (χ0) is 21.4. The first-order valence-electron chi connectivity index (χ1n) is 10.0. The molecule has 0 unspecified atom stereocenters. The largest absolute Gasteiger partial charge is 0.855 e. The number of carbonyl (C=O) groups excluding carboxylic acids is 1. The molecule has 0 fully saturated rings. The van der Waals surface area contributed by atoms with Gasteiger partial charge in [0, 0.05) is 5.97 Å². The molecule has 0 aliphatic rings. The lowest BCUT2D eigenvalue weighted by Crippen LogP contribution is -2.21. The SMILES string of the molecule is CCCCCCCCCCCCCCCC(=O)[O-].CC[O-].COS(=O)(=O)[O-].[NH4+].[NH4+].[NH4+]. The molecule has 0 aromatic carbocycles. The second kappa shape index (κ2) is 35.6.